The maximum absolute atomic E-state index is 6.27. The molecule has 1 aromatic carbocycles. The molecule has 0 aliphatic rings. The molecule has 0 fully saturated rings. The number of thiophene rings is 1. The van der Waals surface area contributed by atoms with Gasteiger partial charge in [0.15, 0.2) is 0 Å². The van der Waals surface area contributed by atoms with E-state index >= 15 is 0 Å². The van der Waals surface area contributed by atoms with E-state index in [0.29, 0.717) is 10.0 Å². The van der Waals surface area contributed by atoms with Crippen LogP contribution in [-0.2, 0) is 0 Å². The number of hydrogen-bond donors (Lipinski definition) is 1. The maximum atomic E-state index is 6.27. The van der Waals surface area contributed by atoms with Crippen LogP contribution in [-0.4, -0.2) is 7.05 Å². The standard InChI is InChI=1S/C13H13Cl2NS/c1-8-6-7-17-13(8)12(16-2)9-4-3-5-10(14)11(9)15/h3-7,12,16H,1-2H3. The fraction of sp³-hybridized carbons (Fsp3) is 0.231. The van der Waals surface area contributed by atoms with Crippen molar-refractivity contribution in [2.45, 2.75) is 13.0 Å². The first-order chi connectivity index (χ1) is 8.15. The van der Waals surface area contributed by atoms with Gasteiger partial charge >= 0.3 is 0 Å². The van der Waals surface area contributed by atoms with E-state index in [-0.39, 0.29) is 6.04 Å². The number of aryl methyl sites for hydroxylation is 1. The smallest absolute Gasteiger partial charge is 0.0686 e. The van der Waals surface area contributed by atoms with E-state index < -0.39 is 0 Å². The zero-order valence-electron chi connectivity index (χ0n) is 9.63. The molecule has 90 valence electrons. The number of rotatable bonds is 3. The van der Waals surface area contributed by atoms with Crippen LogP contribution in [0.15, 0.2) is 29.6 Å². The Labute approximate surface area is 115 Å². The molecule has 1 N–H and O–H groups in total. The molecule has 4 heteroatoms. The van der Waals surface area contributed by atoms with Gasteiger partial charge in [-0.15, -0.1) is 11.3 Å². The first kappa shape index (κ1) is 12.9. The molecule has 0 amide bonds. The number of halogens is 2. The molecule has 0 aliphatic heterocycles. The lowest BCUT2D eigenvalue weighted by molar-refractivity contribution is 0.700. The summed E-state index contributed by atoms with van der Waals surface area (Å²) in [7, 11) is 1.93. The molecule has 1 atom stereocenters. The van der Waals surface area contributed by atoms with Crippen LogP contribution in [0.3, 0.4) is 0 Å². The van der Waals surface area contributed by atoms with Crippen LogP contribution in [0.1, 0.15) is 22.0 Å². The lowest BCUT2D eigenvalue weighted by Gasteiger charge is -2.18. The van der Waals surface area contributed by atoms with Crippen molar-refractivity contribution in [2.75, 3.05) is 7.05 Å². The van der Waals surface area contributed by atoms with Crippen molar-refractivity contribution in [1.82, 2.24) is 5.32 Å². The molecule has 2 aromatic rings. The highest BCUT2D eigenvalue weighted by molar-refractivity contribution is 7.10. The average Bonchev–Trinajstić information content (AvgIpc) is 2.72. The Hall–Kier alpha value is -0.540. The summed E-state index contributed by atoms with van der Waals surface area (Å²) in [4.78, 5) is 1.27. The van der Waals surface area contributed by atoms with E-state index in [2.05, 4.69) is 23.7 Å². The Kier molecular flexibility index (Phi) is 4.10. The topological polar surface area (TPSA) is 12.0 Å². The van der Waals surface area contributed by atoms with Gasteiger partial charge in [0.1, 0.15) is 0 Å². The largest absolute Gasteiger partial charge is 0.309 e. The third kappa shape index (κ3) is 2.50. The Morgan fingerprint density at radius 1 is 1.24 bits per heavy atom. The third-order valence-electron chi connectivity index (χ3n) is 2.75. The molecule has 0 radical (unpaired) electrons. The predicted molar refractivity (Wildman–Crippen MR) is 76.4 cm³/mol. The fourth-order valence-electron chi connectivity index (χ4n) is 1.85. The second-order valence-electron chi connectivity index (χ2n) is 3.83. The molecule has 1 nitrogen and oxygen atoms in total. The highest BCUT2D eigenvalue weighted by Crippen LogP contribution is 2.35. The molecular weight excluding hydrogens is 273 g/mol. The SMILES string of the molecule is CNC(c1cccc(Cl)c1Cl)c1sccc1C. The molecule has 0 saturated carbocycles. The summed E-state index contributed by atoms with van der Waals surface area (Å²) in [6, 6.07) is 7.96. The normalized spacial score (nSPS) is 12.7. The number of benzene rings is 1. The van der Waals surface area contributed by atoms with Crippen molar-refractivity contribution in [1.29, 1.82) is 0 Å². The maximum Gasteiger partial charge on any atom is 0.0686 e. The summed E-state index contributed by atoms with van der Waals surface area (Å²) >= 11 is 14.1. The highest BCUT2D eigenvalue weighted by Gasteiger charge is 2.19. The van der Waals surface area contributed by atoms with E-state index in [0.717, 1.165) is 5.56 Å². The van der Waals surface area contributed by atoms with Gasteiger partial charge in [0.25, 0.3) is 0 Å². The van der Waals surface area contributed by atoms with Gasteiger partial charge in [-0.3, -0.25) is 0 Å². The van der Waals surface area contributed by atoms with Crippen molar-refractivity contribution < 1.29 is 0 Å². The minimum atomic E-state index is 0.0983. The van der Waals surface area contributed by atoms with Crippen LogP contribution in [0.5, 0.6) is 0 Å². The molecule has 17 heavy (non-hydrogen) atoms. The molecule has 0 saturated heterocycles. The minimum Gasteiger partial charge on any atom is -0.309 e. The third-order valence-corrected chi connectivity index (χ3v) is 4.66. The van der Waals surface area contributed by atoms with Gasteiger partial charge in [0.2, 0.25) is 0 Å². The second-order valence-corrected chi connectivity index (χ2v) is 5.57. The van der Waals surface area contributed by atoms with Crippen molar-refractivity contribution >= 4 is 34.5 Å². The molecule has 1 aromatic heterocycles. The van der Waals surface area contributed by atoms with E-state index in [1.165, 1.54) is 10.4 Å². The molecular formula is C13H13Cl2NS. The number of hydrogen-bond acceptors (Lipinski definition) is 2. The fourth-order valence-corrected chi connectivity index (χ4v) is 3.32. The van der Waals surface area contributed by atoms with E-state index in [9.17, 15) is 0 Å². The van der Waals surface area contributed by atoms with Gasteiger partial charge in [-0.25, -0.2) is 0 Å². The van der Waals surface area contributed by atoms with Crippen LogP contribution in [0, 0.1) is 6.92 Å². The van der Waals surface area contributed by atoms with E-state index in [4.69, 9.17) is 23.2 Å². The molecule has 1 heterocycles. The molecule has 0 bridgehead atoms. The van der Waals surface area contributed by atoms with Gasteiger partial charge in [0, 0.05) is 4.88 Å². The second kappa shape index (κ2) is 5.40. The van der Waals surface area contributed by atoms with Crippen LogP contribution in [0.25, 0.3) is 0 Å². The highest BCUT2D eigenvalue weighted by atomic mass is 35.5. The van der Waals surface area contributed by atoms with Crippen LogP contribution < -0.4 is 5.32 Å². The molecule has 0 aliphatic carbocycles. The average molecular weight is 286 g/mol. The van der Waals surface area contributed by atoms with Crippen molar-refractivity contribution in [3.05, 3.63) is 55.7 Å². The van der Waals surface area contributed by atoms with Gasteiger partial charge in [-0.2, -0.15) is 0 Å². The predicted octanol–water partition coefficient (Wildman–Crippen LogP) is 4.67. The van der Waals surface area contributed by atoms with Gasteiger partial charge in [-0.05, 0) is 42.6 Å². The minimum absolute atomic E-state index is 0.0983. The quantitative estimate of drug-likeness (QED) is 0.864. The van der Waals surface area contributed by atoms with Gasteiger partial charge in [-0.1, -0.05) is 35.3 Å². The first-order valence-corrected chi connectivity index (χ1v) is 6.94. The van der Waals surface area contributed by atoms with Crippen LogP contribution in [0.2, 0.25) is 10.0 Å². The Morgan fingerprint density at radius 3 is 2.59 bits per heavy atom. The molecule has 2 rings (SSSR count). The van der Waals surface area contributed by atoms with Gasteiger partial charge in [0.05, 0.1) is 16.1 Å². The Balaban J connectivity index is 2.50. The lowest BCUT2D eigenvalue weighted by atomic mass is 10.0. The Morgan fingerprint density at radius 2 is 2.00 bits per heavy atom. The monoisotopic (exact) mass is 285 g/mol. The summed E-state index contributed by atoms with van der Waals surface area (Å²) in [6.45, 7) is 2.11. The first-order valence-electron chi connectivity index (χ1n) is 5.30. The Bertz CT molecular complexity index is 522. The molecule has 0 spiro atoms. The number of nitrogens with one attached hydrogen (secondary N) is 1. The van der Waals surface area contributed by atoms with E-state index in [1.807, 2.05) is 19.2 Å². The van der Waals surface area contributed by atoms with E-state index in [1.54, 1.807) is 17.4 Å². The van der Waals surface area contributed by atoms with Crippen molar-refractivity contribution in [2.24, 2.45) is 0 Å². The van der Waals surface area contributed by atoms with Crippen LogP contribution in [0.4, 0.5) is 0 Å². The van der Waals surface area contributed by atoms with Crippen LogP contribution >= 0.6 is 34.5 Å². The summed E-state index contributed by atoms with van der Waals surface area (Å²) in [5.74, 6) is 0. The van der Waals surface area contributed by atoms with Crippen molar-refractivity contribution in [3.8, 4) is 0 Å². The zero-order valence-corrected chi connectivity index (χ0v) is 12.0. The molecule has 1 unspecified atom stereocenters. The summed E-state index contributed by atoms with van der Waals surface area (Å²) in [5.41, 5.74) is 2.29. The van der Waals surface area contributed by atoms with Gasteiger partial charge < -0.3 is 5.32 Å². The summed E-state index contributed by atoms with van der Waals surface area (Å²) in [5, 5.41) is 6.61. The lowest BCUT2D eigenvalue weighted by Crippen LogP contribution is -2.17. The van der Waals surface area contributed by atoms with Crippen molar-refractivity contribution in [3.63, 3.8) is 0 Å². The summed E-state index contributed by atoms with van der Waals surface area (Å²) < 4.78 is 0. The zero-order chi connectivity index (χ0) is 12.4. The summed E-state index contributed by atoms with van der Waals surface area (Å²) in [6.07, 6.45) is 0.